The summed E-state index contributed by atoms with van der Waals surface area (Å²) in [6, 6.07) is 1.66. The van der Waals surface area contributed by atoms with E-state index in [0.717, 1.165) is 5.92 Å². The van der Waals surface area contributed by atoms with Crippen LogP contribution in [0.5, 0.6) is 0 Å². The van der Waals surface area contributed by atoms with Crippen LogP contribution in [0, 0.1) is 22.0 Å². The minimum Gasteiger partial charge on any atom is -0.258 e. The smallest absolute Gasteiger partial charge is 0.258 e. The van der Waals surface area contributed by atoms with Crippen molar-refractivity contribution in [3.8, 4) is 0 Å². The van der Waals surface area contributed by atoms with Gasteiger partial charge in [-0.3, -0.25) is 15.1 Å². The summed E-state index contributed by atoms with van der Waals surface area (Å²) in [5, 5.41) is 10.9. The van der Waals surface area contributed by atoms with Crippen LogP contribution in [0.2, 0.25) is 0 Å². The number of aromatic nitrogens is 1. The van der Waals surface area contributed by atoms with Crippen molar-refractivity contribution < 1.29 is 4.92 Å². The maximum absolute atomic E-state index is 10.9. The fourth-order valence-electron chi connectivity index (χ4n) is 2.73. The molecule has 1 aliphatic carbocycles. The number of pyridine rings is 1. The Morgan fingerprint density at radius 1 is 1.40 bits per heavy atom. The standard InChI is InChI=1S/C16H20N2O2/c1-13-5-4-7-14(11-13)6-2-3-8-15-9-10-17-12-16(15)18(19)20/h2-3,6,8-10,12-14H,4-5,7,11H2,1H3. The minimum absolute atomic E-state index is 0.0449. The second-order valence-corrected chi connectivity index (χ2v) is 5.47. The van der Waals surface area contributed by atoms with Crippen LogP contribution < -0.4 is 0 Å². The van der Waals surface area contributed by atoms with Crippen LogP contribution in [0.3, 0.4) is 0 Å². The molecule has 1 aromatic heterocycles. The largest absolute Gasteiger partial charge is 0.294 e. The van der Waals surface area contributed by atoms with Gasteiger partial charge in [0.25, 0.3) is 5.69 Å². The van der Waals surface area contributed by atoms with E-state index in [0.29, 0.717) is 11.5 Å². The molecule has 2 unspecified atom stereocenters. The van der Waals surface area contributed by atoms with Gasteiger partial charge >= 0.3 is 0 Å². The van der Waals surface area contributed by atoms with Crippen LogP contribution in [0.1, 0.15) is 38.2 Å². The molecule has 1 aliphatic rings. The summed E-state index contributed by atoms with van der Waals surface area (Å²) in [6.45, 7) is 2.30. The van der Waals surface area contributed by atoms with Crippen LogP contribution >= 0.6 is 0 Å². The average molecular weight is 272 g/mol. The van der Waals surface area contributed by atoms with Gasteiger partial charge in [-0.2, -0.15) is 0 Å². The molecule has 4 heteroatoms. The van der Waals surface area contributed by atoms with Gasteiger partial charge in [0.05, 0.1) is 10.5 Å². The number of rotatable bonds is 4. The zero-order chi connectivity index (χ0) is 14.4. The molecule has 0 saturated heterocycles. The first kappa shape index (κ1) is 14.4. The van der Waals surface area contributed by atoms with Crippen LogP contribution in [-0.4, -0.2) is 9.91 Å². The molecule has 0 aliphatic heterocycles. The Morgan fingerprint density at radius 2 is 2.25 bits per heavy atom. The van der Waals surface area contributed by atoms with Gasteiger partial charge in [-0.05, 0) is 36.8 Å². The van der Waals surface area contributed by atoms with Crippen molar-refractivity contribution in [1.29, 1.82) is 0 Å². The fourth-order valence-corrected chi connectivity index (χ4v) is 2.73. The maximum Gasteiger partial charge on any atom is 0.294 e. The minimum atomic E-state index is -0.404. The maximum atomic E-state index is 10.9. The molecular formula is C16H20N2O2. The lowest BCUT2D eigenvalue weighted by molar-refractivity contribution is -0.385. The molecule has 1 aromatic rings. The molecule has 0 radical (unpaired) electrons. The van der Waals surface area contributed by atoms with Crippen molar-refractivity contribution in [2.45, 2.75) is 32.6 Å². The molecule has 1 heterocycles. The number of nitrogens with zero attached hydrogens (tertiary/aromatic N) is 2. The first-order chi connectivity index (χ1) is 9.66. The highest BCUT2D eigenvalue weighted by molar-refractivity contribution is 5.60. The van der Waals surface area contributed by atoms with E-state index >= 15 is 0 Å². The Kier molecular flexibility index (Phi) is 5.04. The first-order valence-corrected chi connectivity index (χ1v) is 7.10. The van der Waals surface area contributed by atoms with E-state index in [2.05, 4.69) is 18.0 Å². The lowest BCUT2D eigenvalue weighted by Crippen LogP contribution is -2.10. The zero-order valence-corrected chi connectivity index (χ0v) is 11.7. The molecule has 0 amide bonds. The summed E-state index contributed by atoms with van der Waals surface area (Å²) >= 11 is 0. The van der Waals surface area contributed by atoms with Crippen LogP contribution in [-0.2, 0) is 0 Å². The number of hydrogen-bond acceptors (Lipinski definition) is 3. The van der Waals surface area contributed by atoms with E-state index in [4.69, 9.17) is 0 Å². The molecular weight excluding hydrogens is 252 g/mol. The molecule has 0 aromatic carbocycles. The van der Waals surface area contributed by atoms with E-state index in [1.54, 1.807) is 18.3 Å². The zero-order valence-electron chi connectivity index (χ0n) is 11.7. The number of nitro groups is 1. The van der Waals surface area contributed by atoms with E-state index < -0.39 is 4.92 Å². The van der Waals surface area contributed by atoms with Gasteiger partial charge in [0, 0.05) is 6.20 Å². The second-order valence-electron chi connectivity index (χ2n) is 5.47. The van der Waals surface area contributed by atoms with Crippen LogP contribution in [0.15, 0.2) is 36.7 Å². The summed E-state index contributed by atoms with van der Waals surface area (Å²) in [5.74, 6) is 1.46. The Balaban J connectivity index is 1.98. The molecule has 0 bridgehead atoms. The Morgan fingerprint density at radius 3 is 3.00 bits per heavy atom. The molecule has 2 atom stereocenters. The highest BCUT2D eigenvalue weighted by Gasteiger charge is 2.15. The van der Waals surface area contributed by atoms with Crippen LogP contribution in [0.4, 0.5) is 5.69 Å². The number of allylic oxidation sites excluding steroid dienone is 3. The summed E-state index contributed by atoms with van der Waals surface area (Å²) < 4.78 is 0. The van der Waals surface area contributed by atoms with Crippen LogP contribution in [0.25, 0.3) is 6.08 Å². The van der Waals surface area contributed by atoms with Crippen molar-refractivity contribution in [3.05, 3.63) is 52.4 Å². The van der Waals surface area contributed by atoms with E-state index in [9.17, 15) is 10.1 Å². The summed E-state index contributed by atoms with van der Waals surface area (Å²) in [5.41, 5.74) is 0.634. The highest BCUT2D eigenvalue weighted by atomic mass is 16.6. The molecule has 1 saturated carbocycles. The van der Waals surface area contributed by atoms with Crippen molar-refractivity contribution in [1.82, 2.24) is 4.98 Å². The molecule has 20 heavy (non-hydrogen) atoms. The van der Waals surface area contributed by atoms with Gasteiger partial charge in [0.2, 0.25) is 0 Å². The lowest BCUT2D eigenvalue weighted by atomic mass is 9.82. The summed E-state index contributed by atoms with van der Waals surface area (Å²) in [4.78, 5) is 14.2. The molecule has 0 spiro atoms. The normalized spacial score (nSPS) is 23.4. The third kappa shape index (κ3) is 4.02. The predicted molar refractivity (Wildman–Crippen MR) is 80.2 cm³/mol. The SMILES string of the molecule is CC1CCCC(C=CC=Cc2ccncc2[N+](=O)[O-])C1. The third-order valence-corrected chi connectivity index (χ3v) is 3.78. The highest BCUT2D eigenvalue weighted by Crippen LogP contribution is 2.29. The van der Waals surface area contributed by atoms with E-state index in [1.807, 2.05) is 12.2 Å². The van der Waals surface area contributed by atoms with Gasteiger partial charge in [-0.25, -0.2) is 0 Å². The topological polar surface area (TPSA) is 56.0 Å². The van der Waals surface area contributed by atoms with Crippen molar-refractivity contribution in [3.63, 3.8) is 0 Å². The average Bonchev–Trinajstić information content (AvgIpc) is 2.44. The Labute approximate surface area is 119 Å². The van der Waals surface area contributed by atoms with Crippen molar-refractivity contribution >= 4 is 11.8 Å². The van der Waals surface area contributed by atoms with Gasteiger partial charge < -0.3 is 0 Å². The van der Waals surface area contributed by atoms with Gasteiger partial charge in [0.1, 0.15) is 6.20 Å². The molecule has 0 N–H and O–H groups in total. The molecule has 106 valence electrons. The molecule has 1 fully saturated rings. The fraction of sp³-hybridized carbons (Fsp3) is 0.438. The van der Waals surface area contributed by atoms with E-state index in [1.165, 1.54) is 31.9 Å². The van der Waals surface area contributed by atoms with Gasteiger partial charge in [0.15, 0.2) is 0 Å². The Bertz CT molecular complexity index is 523. The molecule has 4 nitrogen and oxygen atoms in total. The van der Waals surface area contributed by atoms with Crippen molar-refractivity contribution in [2.75, 3.05) is 0 Å². The molecule has 2 rings (SSSR count). The lowest BCUT2D eigenvalue weighted by Gasteiger charge is -2.23. The van der Waals surface area contributed by atoms with Gasteiger partial charge in [-0.1, -0.05) is 38.0 Å². The quantitative estimate of drug-likeness (QED) is 0.464. The third-order valence-electron chi connectivity index (χ3n) is 3.78. The number of hydrogen-bond donors (Lipinski definition) is 0. The summed E-state index contributed by atoms with van der Waals surface area (Å²) in [7, 11) is 0. The van der Waals surface area contributed by atoms with Gasteiger partial charge in [-0.15, -0.1) is 0 Å². The van der Waals surface area contributed by atoms with Crippen molar-refractivity contribution in [2.24, 2.45) is 11.8 Å². The summed E-state index contributed by atoms with van der Waals surface area (Å²) in [6.07, 6.45) is 15.9. The Hall–Kier alpha value is -1.97. The predicted octanol–water partition coefficient (Wildman–Crippen LogP) is 4.39. The monoisotopic (exact) mass is 272 g/mol. The second kappa shape index (κ2) is 6.98. The van der Waals surface area contributed by atoms with E-state index in [-0.39, 0.29) is 5.69 Å². The first-order valence-electron chi connectivity index (χ1n) is 7.10.